The standard InChI is InChI=1S/C21H36N2O3S2/c1-4-15-22(2)16-7-5-6-8-17-26-20-13-11-19(12-14-20)23(3)28(24,25)21-10-9-18-27-21/h4,9-10,18-20H,1,5-8,11-17H2,2-3H3. The fourth-order valence-electron chi connectivity index (χ4n) is 3.72. The second-order valence-corrected chi connectivity index (χ2v) is 10.9. The lowest BCUT2D eigenvalue weighted by atomic mass is 9.93. The van der Waals surface area contributed by atoms with E-state index in [1.54, 1.807) is 23.5 Å². The SMILES string of the molecule is C=CCN(C)CCCCCCOC1CCC(N(C)S(=O)(=O)c2cccs2)CC1. The molecule has 1 aromatic rings. The number of likely N-dealkylation sites (N-methyl/N-ethyl adjacent to an activating group) is 1. The first-order valence-electron chi connectivity index (χ1n) is 10.4. The molecule has 0 saturated heterocycles. The minimum atomic E-state index is -3.35. The lowest BCUT2D eigenvalue weighted by molar-refractivity contribution is 0.0156. The van der Waals surface area contributed by atoms with Crippen LogP contribution in [0.1, 0.15) is 51.4 Å². The van der Waals surface area contributed by atoms with E-state index in [0.29, 0.717) is 4.21 Å². The number of nitrogens with zero attached hydrogens (tertiary/aromatic N) is 2. The summed E-state index contributed by atoms with van der Waals surface area (Å²) in [6.45, 7) is 6.66. The van der Waals surface area contributed by atoms with Crippen LogP contribution in [0, 0.1) is 0 Å². The molecule has 0 unspecified atom stereocenters. The van der Waals surface area contributed by atoms with Crippen LogP contribution in [0.15, 0.2) is 34.4 Å². The van der Waals surface area contributed by atoms with Crippen LogP contribution in [0.2, 0.25) is 0 Å². The van der Waals surface area contributed by atoms with Crippen molar-refractivity contribution in [3.8, 4) is 0 Å². The Labute approximate surface area is 175 Å². The van der Waals surface area contributed by atoms with Gasteiger partial charge in [0.15, 0.2) is 0 Å². The maximum Gasteiger partial charge on any atom is 0.252 e. The lowest BCUT2D eigenvalue weighted by Crippen LogP contribution is -2.40. The predicted molar refractivity (Wildman–Crippen MR) is 117 cm³/mol. The molecule has 160 valence electrons. The largest absolute Gasteiger partial charge is 0.378 e. The fourth-order valence-corrected chi connectivity index (χ4v) is 6.31. The van der Waals surface area contributed by atoms with E-state index in [9.17, 15) is 8.42 Å². The third-order valence-electron chi connectivity index (χ3n) is 5.51. The van der Waals surface area contributed by atoms with Crippen LogP contribution in [0.3, 0.4) is 0 Å². The molecule has 1 heterocycles. The smallest absolute Gasteiger partial charge is 0.252 e. The van der Waals surface area contributed by atoms with Crippen molar-refractivity contribution < 1.29 is 13.2 Å². The Hall–Kier alpha value is -0.730. The van der Waals surface area contributed by atoms with Crippen LogP contribution >= 0.6 is 11.3 Å². The number of ether oxygens (including phenoxy) is 1. The molecule has 1 aliphatic carbocycles. The van der Waals surface area contributed by atoms with Crippen LogP contribution in [-0.4, -0.2) is 63.6 Å². The van der Waals surface area contributed by atoms with E-state index in [-0.39, 0.29) is 12.1 Å². The van der Waals surface area contributed by atoms with Crippen molar-refractivity contribution in [2.45, 2.75) is 67.7 Å². The van der Waals surface area contributed by atoms with Crippen LogP contribution < -0.4 is 0 Å². The number of rotatable bonds is 13. The highest BCUT2D eigenvalue weighted by molar-refractivity contribution is 7.91. The van der Waals surface area contributed by atoms with Crippen molar-refractivity contribution in [3.63, 3.8) is 0 Å². The number of unbranched alkanes of at least 4 members (excludes halogenated alkanes) is 3. The molecule has 5 nitrogen and oxygen atoms in total. The van der Waals surface area contributed by atoms with Crippen molar-refractivity contribution in [2.24, 2.45) is 0 Å². The normalized spacial score (nSPS) is 20.7. The Balaban J connectivity index is 1.58. The van der Waals surface area contributed by atoms with Crippen molar-refractivity contribution in [3.05, 3.63) is 30.2 Å². The highest BCUT2D eigenvalue weighted by Gasteiger charge is 2.32. The maximum atomic E-state index is 12.6. The molecule has 1 aromatic heterocycles. The van der Waals surface area contributed by atoms with Gasteiger partial charge in [0.05, 0.1) is 6.10 Å². The molecule has 0 aliphatic heterocycles. The zero-order valence-electron chi connectivity index (χ0n) is 17.4. The monoisotopic (exact) mass is 428 g/mol. The van der Waals surface area contributed by atoms with Gasteiger partial charge in [0.2, 0.25) is 0 Å². The Kier molecular flexibility index (Phi) is 10.2. The summed E-state index contributed by atoms with van der Waals surface area (Å²) in [7, 11) is 0.494. The van der Waals surface area contributed by atoms with Gasteiger partial charge in [-0.3, -0.25) is 0 Å². The van der Waals surface area contributed by atoms with Gasteiger partial charge in [-0.1, -0.05) is 25.0 Å². The van der Waals surface area contributed by atoms with Crippen molar-refractivity contribution in [1.29, 1.82) is 0 Å². The summed E-state index contributed by atoms with van der Waals surface area (Å²) < 4.78 is 33.3. The van der Waals surface area contributed by atoms with E-state index in [4.69, 9.17) is 4.74 Å². The van der Waals surface area contributed by atoms with E-state index < -0.39 is 10.0 Å². The summed E-state index contributed by atoms with van der Waals surface area (Å²) in [5, 5.41) is 1.81. The minimum absolute atomic E-state index is 0.0829. The number of hydrogen-bond donors (Lipinski definition) is 0. The van der Waals surface area contributed by atoms with Gasteiger partial charge in [-0.2, -0.15) is 4.31 Å². The first kappa shape index (κ1) is 23.5. The second kappa shape index (κ2) is 12.1. The average molecular weight is 429 g/mol. The molecule has 0 bridgehead atoms. The third-order valence-corrected chi connectivity index (χ3v) is 8.80. The van der Waals surface area contributed by atoms with Gasteiger partial charge < -0.3 is 9.64 Å². The highest BCUT2D eigenvalue weighted by atomic mass is 32.2. The van der Waals surface area contributed by atoms with Crippen LogP contribution in [0.4, 0.5) is 0 Å². The lowest BCUT2D eigenvalue weighted by Gasteiger charge is -2.33. The first-order valence-corrected chi connectivity index (χ1v) is 12.7. The Morgan fingerprint density at radius 1 is 1.18 bits per heavy atom. The topological polar surface area (TPSA) is 49.9 Å². The molecular formula is C21H36N2O3S2. The van der Waals surface area contributed by atoms with Crippen molar-refractivity contribution in [2.75, 3.05) is 33.8 Å². The van der Waals surface area contributed by atoms with Gasteiger partial charge in [-0.25, -0.2) is 8.42 Å². The molecule has 28 heavy (non-hydrogen) atoms. The first-order chi connectivity index (χ1) is 13.4. The molecule has 1 aliphatic rings. The van der Waals surface area contributed by atoms with Gasteiger partial charge in [-0.15, -0.1) is 17.9 Å². The molecule has 2 rings (SSSR count). The van der Waals surface area contributed by atoms with Crippen LogP contribution in [0.5, 0.6) is 0 Å². The zero-order valence-corrected chi connectivity index (χ0v) is 19.0. The van der Waals surface area contributed by atoms with Crippen molar-refractivity contribution >= 4 is 21.4 Å². The van der Waals surface area contributed by atoms with E-state index in [1.807, 2.05) is 11.5 Å². The fraction of sp³-hybridized carbons (Fsp3) is 0.714. The molecule has 0 aromatic carbocycles. The van der Waals surface area contributed by atoms with E-state index in [1.165, 1.54) is 30.6 Å². The Morgan fingerprint density at radius 2 is 1.89 bits per heavy atom. The van der Waals surface area contributed by atoms with E-state index >= 15 is 0 Å². The average Bonchev–Trinajstić information content (AvgIpc) is 3.23. The van der Waals surface area contributed by atoms with Gasteiger partial charge in [0.25, 0.3) is 10.0 Å². The number of thiophene rings is 1. The molecule has 0 N–H and O–H groups in total. The molecule has 0 spiro atoms. The second-order valence-electron chi connectivity index (χ2n) is 7.72. The summed E-state index contributed by atoms with van der Waals surface area (Å²) in [6, 6.07) is 3.55. The predicted octanol–water partition coefficient (Wildman–Crippen LogP) is 4.37. The van der Waals surface area contributed by atoms with E-state index in [0.717, 1.165) is 51.8 Å². The van der Waals surface area contributed by atoms with Gasteiger partial charge in [-0.05, 0) is 63.6 Å². The van der Waals surface area contributed by atoms with E-state index in [2.05, 4.69) is 18.5 Å². The number of hydrogen-bond acceptors (Lipinski definition) is 5. The molecule has 1 saturated carbocycles. The van der Waals surface area contributed by atoms with Crippen molar-refractivity contribution in [1.82, 2.24) is 9.21 Å². The van der Waals surface area contributed by atoms with Gasteiger partial charge in [0, 0.05) is 26.2 Å². The summed E-state index contributed by atoms with van der Waals surface area (Å²) in [6.07, 6.45) is 10.6. The van der Waals surface area contributed by atoms with Gasteiger partial charge in [0.1, 0.15) is 4.21 Å². The molecule has 7 heteroatoms. The minimum Gasteiger partial charge on any atom is -0.378 e. The van der Waals surface area contributed by atoms with Crippen LogP contribution in [-0.2, 0) is 14.8 Å². The molecule has 0 atom stereocenters. The summed E-state index contributed by atoms with van der Waals surface area (Å²) in [4.78, 5) is 2.29. The highest BCUT2D eigenvalue weighted by Crippen LogP contribution is 2.29. The van der Waals surface area contributed by atoms with Gasteiger partial charge >= 0.3 is 0 Å². The summed E-state index contributed by atoms with van der Waals surface area (Å²) in [5.41, 5.74) is 0. The Bertz CT molecular complexity index is 653. The summed E-state index contributed by atoms with van der Waals surface area (Å²) in [5.74, 6) is 0. The molecule has 1 fully saturated rings. The Morgan fingerprint density at radius 3 is 2.54 bits per heavy atom. The molecule has 0 amide bonds. The van der Waals surface area contributed by atoms with Crippen LogP contribution in [0.25, 0.3) is 0 Å². The number of sulfonamides is 1. The zero-order chi connectivity index (χ0) is 20.4. The molecular weight excluding hydrogens is 392 g/mol. The maximum absolute atomic E-state index is 12.6. The quantitative estimate of drug-likeness (QED) is 0.346. The third kappa shape index (κ3) is 7.26. The summed E-state index contributed by atoms with van der Waals surface area (Å²) >= 11 is 1.28. The molecule has 0 radical (unpaired) electrons.